The lowest BCUT2D eigenvalue weighted by Crippen LogP contribution is -2.45. The number of rotatable bonds is 8. The Morgan fingerprint density at radius 1 is 1.18 bits per heavy atom. The van der Waals surface area contributed by atoms with E-state index < -0.39 is 11.5 Å². The number of nitrogens with zero attached hydrogens (tertiary/aromatic N) is 2. The molecule has 0 radical (unpaired) electrons. The van der Waals surface area contributed by atoms with Crippen LogP contribution in [0.15, 0.2) is 34.9 Å². The van der Waals surface area contributed by atoms with Gasteiger partial charge in [0.25, 0.3) is 5.91 Å². The maximum Gasteiger partial charge on any atom is 0.360 e. The van der Waals surface area contributed by atoms with Crippen LogP contribution in [-0.4, -0.2) is 41.0 Å². The average Bonchev–Trinajstić information content (AvgIpc) is 3.13. The average molecular weight is 388 g/mol. The summed E-state index contributed by atoms with van der Waals surface area (Å²) in [4.78, 5) is 30.4. The van der Waals surface area contributed by atoms with Crippen molar-refractivity contribution in [2.75, 3.05) is 13.7 Å². The summed E-state index contributed by atoms with van der Waals surface area (Å²) in [5.41, 5.74) is 0.137. The number of unbranched alkanes of at least 4 members (excludes halogenated alkanes) is 1. The molecule has 0 saturated heterocycles. The van der Waals surface area contributed by atoms with Crippen LogP contribution < -0.4 is 4.74 Å². The summed E-state index contributed by atoms with van der Waals surface area (Å²) in [7, 11) is 1.28. The smallest absolute Gasteiger partial charge is 0.360 e. The zero-order valence-electron chi connectivity index (χ0n) is 17.2. The second-order valence-electron chi connectivity index (χ2n) is 7.41. The molecule has 2 aromatic rings. The lowest BCUT2D eigenvalue weighted by molar-refractivity contribution is 0.0532. The summed E-state index contributed by atoms with van der Waals surface area (Å²) in [6, 6.07) is 7.09. The molecule has 28 heavy (non-hydrogen) atoms. The number of ether oxygens (including phenoxy) is 2. The standard InChI is InChI=1S/C21H28N2O5/c1-6-7-12-27-16-10-8-15(9-11-16)19(24)23(21(2,3)4)13-18-22-17(14-28-18)20(25)26-5/h8-11,14H,6-7,12-13H2,1-5H3. The van der Waals surface area contributed by atoms with Crippen molar-refractivity contribution in [3.8, 4) is 5.75 Å². The Bertz CT molecular complexity index is 790. The highest BCUT2D eigenvalue weighted by atomic mass is 16.5. The summed E-state index contributed by atoms with van der Waals surface area (Å²) >= 11 is 0. The van der Waals surface area contributed by atoms with Crippen molar-refractivity contribution in [3.05, 3.63) is 47.7 Å². The molecule has 0 aliphatic carbocycles. The summed E-state index contributed by atoms with van der Waals surface area (Å²) in [6.07, 6.45) is 3.28. The van der Waals surface area contributed by atoms with Crippen LogP contribution in [0.3, 0.4) is 0 Å². The maximum atomic E-state index is 13.1. The van der Waals surface area contributed by atoms with Crippen molar-refractivity contribution in [2.24, 2.45) is 0 Å². The topological polar surface area (TPSA) is 81.9 Å². The van der Waals surface area contributed by atoms with Crippen molar-refractivity contribution in [3.63, 3.8) is 0 Å². The van der Waals surface area contributed by atoms with E-state index >= 15 is 0 Å². The minimum Gasteiger partial charge on any atom is -0.494 e. The normalized spacial score (nSPS) is 11.2. The molecule has 1 aromatic carbocycles. The first kappa shape index (κ1) is 21.5. The molecule has 1 heterocycles. The molecule has 1 aromatic heterocycles. The highest BCUT2D eigenvalue weighted by Gasteiger charge is 2.29. The SMILES string of the molecule is CCCCOc1ccc(C(=O)N(Cc2nc(C(=O)OC)co2)C(C)(C)C)cc1. The van der Waals surface area contributed by atoms with Gasteiger partial charge < -0.3 is 18.8 Å². The molecule has 152 valence electrons. The van der Waals surface area contributed by atoms with E-state index in [9.17, 15) is 9.59 Å². The molecule has 0 atom stereocenters. The number of aromatic nitrogens is 1. The fraction of sp³-hybridized carbons (Fsp3) is 0.476. The number of hydrogen-bond donors (Lipinski definition) is 0. The molecular weight excluding hydrogens is 360 g/mol. The minimum atomic E-state index is -0.581. The van der Waals surface area contributed by atoms with Gasteiger partial charge in [-0.3, -0.25) is 4.79 Å². The van der Waals surface area contributed by atoms with Crippen molar-refractivity contribution < 1.29 is 23.5 Å². The zero-order chi connectivity index (χ0) is 20.7. The molecule has 7 nitrogen and oxygen atoms in total. The number of hydrogen-bond acceptors (Lipinski definition) is 6. The van der Waals surface area contributed by atoms with Gasteiger partial charge in [0.1, 0.15) is 12.0 Å². The molecule has 2 rings (SSSR count). The fourth-order valence-electron chi connectivity index (χ4n) is 2.51. The first-order chi connectivity index (χ1) is 13.3. The van der Waals surface area contributed by atoms with Crippen LogP contribution in [0, 0.1) is 0 Å². The molecule has 0 saturated carbocycles. The molecule has 0 aliphatic heterocycles. The second kappa shape index (κ2) is 9.39. The highest BCUT2D eigenvalue weighted by Crippen LogP contribution is 2.22. The van der Waals surface area contributed by atoms with E-state index in [1.165, 1.54) is 13.4 Å². The van der Waals surface area contributed by atoms with E-state index in [0.29, 0.717) is 12.2 Å². The highest BCUT2D eigenvalue weighted by molar-refractivity contribution is 5.94. The van der Waals surface area contributed by atoms with Crippen LogP contribution in [0.4, 0.5) is 0 Å². The van der Waals surface area contributed by atoms with Crippen LogP contribution in [0.1, 0.15) is 67.3 Å². The first-order valence-electron chi connectivity index (χ1n) is 9.33. The van der Waals surface area contributed by atoms with Crippen LogP contribution >= 0.6 is 0 Å². The summed E-state index contributed by atoms with van der Waals surface area (Å²) < 4.78 is 15.6. The van der Waals surface area contributed by atoms with Gasteiger partial charge >= 0.3 is 5.97 Å². The molecule has 0 aliphatic rings. The van der Waals surface area contributed by atoms with Gasteiger partial charge in [-0.25, -0.2) is 9.78 Å². The van der Waals surface area contributed by atoms with E-state index in [2.05, 4.69) is 16.6 Å². The van der Waals surface area contributed by atoms with Crippen LogP contribution in [0.2, 0.25) is 0 Å². The first-order valence-corrected chi connectivity index (χ1v) is 9.33. The van der Waals surface area contributed by atoms with Crippen LogP contribution in [-0.2, 0) is 11.3 Å². The van der Waals surface area contributed by atoms with Crippen LogP contribution in [0.25, 0.3) is 0 Å². The predicted octanol–water partition coefficient (Wildman–Crippen LogP) is 4.08. The Balaban J connectivity index is 2.15. The third-order valence-corrected chi connectivity index (χ3v) is 4.16. The molecule has 0 N–H and O–H groups in total. The van der Waals surface area contributed by atoms with E-state index in [1.807, 2.05) is 20.8 Å². The van der Waals surface area contributed by atoms with Crippen molar-refractivity contribution >= 4 is 11.9 Å². The second-order valence-corrected chi connectivity index (χ2v) is 7.41. The van der Waals surface area contributed by atoms with E-state index in [0.717, 1.165) is 18.6 Å². The lowest BCUT2D eigenvalue weighted by atomic mass is 10.0. The number of carbonyl (C=O) groups excluding carboxylic acids is 2. The Hall–Kier alpha value is -2.83. The zero-order valence-corrected chi connectivity index (χ0v) is 17.2. The number of amides is 1. The molecular formula is C21H28N2O5. The molecule has 0 fully saturated rings. The van der Waals surface area contributed by atoms with Gasteiger partial charge in [-0.1, -0.05) is 13.3 Å². The number of esters is 1. The number of carbonyl (C=O) groups is 2. The number of oxazole rings is 1. The number of methoxy groups -OCH3 is 1. The molecule has 0 spiro atoms. The predicted molar refractivity (Wildman–Crippen MR) is 104 cm³/mol. The Kier molecular flexibility index (Phi) is 7.20. The minimum absolute atomic E-state index is 0.0763. The lowest BCUT2D eigenvalue weighted by Gasteiger charge is -2.34. The summed E-state index contributed by atoms with van der Waals surface area (Å²) in [5.74, 6) is 0.263. The van der Waals surface area contributed by atoms with Crippen molar-refractivity contribution in [1.29, 1.82) is 0 Å². The Labute approximate surface area is 165 Å². The third-order valence-electron chi connectivity index (χ3n) is 4.16. The Morgan fingerprint density at radius 2 is 1.86 bits per heavy atom. The summed E-state index contributed by atoms with van der Waals surface area (Å²) in [6.45, 7) is 8.68. The molecule has 7 heteroatoms. The van der Waals surface area contributed by atoms with E-state index in [1.54, 1.807) is 29.2 Å². The van der Waals surface area contributed by atoms with Crippen LogP contribution in [0.5, 0.6) is 5.75 Å². The molecule has 0 bridgehead atoms. The maximum absolute atomic E-state index is 13.1. The van der Waals surface area contributed by atoms with Gasteiger partial charge in [-0.2, -0.15) is 0 Å². The van der Waals surface area contributed by atoms with Gasteiger partial charge in [0.15, 0.2) is 5.69 Å². The third kappa shape index (κ3) is 5.58. The fourth-order valence-corrected chi connectivity index (χ4v) is 2.51. The molecule has 1 amide bonds. The Morgan fingerprint density at radius 3 is 2.43 bits per heavy atom. The number of benzene rings is 1. The summed E-state index contributed by atoms with van der Waals surface area (Å²) in [5, 5.41) is 0. The van der Waals surface area contributed by atoms with E-state index in [-0.39, 0.29) is 24.0 Å². The monoisotopic (exact) mass is 388 g/mol. The quantitative estimate of drug-likeness (QED) is 0.501. The van der Waals surface area contributed by atoms with Gasteiger partial charge in [0, 0.05) is 11.1 Å². The van der Waals surface area contributed by atoms with Crippen molar-refractivity contribution in [2.45, 2.75) is 52.6 Å². The van der Waals surface area contributed by atoms with Gasteiger partial charge in [-0.05, 0) is 51.5 Å². The largest absolute Gasteiger partial charge is 0.494 e. The van der Waals surface area contributed by atoms with Gasteiger partial charge in [0.05, 0.1) is 20.3 Å². The molecule has 0 unspecified atom stereocenters. The van der Waals surface area contributed by atoms with Crippen molar-refractivity contribution in [1.82, 2.24) is 9.88 Å². The van der Waals surface area contributed by atoms with Gasteiger partial charge in [0.2, 0.25) is 5.89 Å². The van der Waals surface area contributed by atoms with E-state index in [4.69, 9.17) is 9.15 Å². The van der Waals surface area contributed by atoms with Gasteiger partial charge in [-0.15, -0.1) is 0 Å².